The number of amides is 3. The van der Waals surface area contributed by atoms with Crippen LogP contribution in [0.5, 0.6) is 11.5 Å². The van der Waals surface area contributed by atoms with Crippen LogP contribution in [0.15, 0.2) is 77.7 Å². The van der Waals surface area contributed by atoms with Gasteiger partial charge >= 0.3 is 0 Å². The van der Waals surface area contributed by atoms with Gasteiger partial charge in [0.15, 0.2) is 0 Å². The van der Waals surface area contributed by atoms with Crippen molar-refractivity contribution in [2.45, 2.75) is 6.61 Å². The Kier molecular flexibility index (Phi) is 7.74. The molecule has 0 unspecified atom stereocenters. The molecular formula is C26H21ClN2O5S. The van der Waals surface area contributed by atoms with Crippen LogP contribution in [-0.2, 0) is 16.2 Å². The number of hydrogen-bond donors (Lipinski definition) is 1. The van der Waals surface area contributed by atoms with Crippen molar-refractivity contribution in [2.24, 2.45) is 0 Å². The molecule has 4 rings (SSSR count). The van der Waals surface area contributed by atoms with E-state index in [1.807, 2.05) is 12.1 Å². The first-order chi connectivity index (χ1) is 16.9. The molecule has 0 spiro atoms. The fourth-order valence-corrected chi connectivity index (χ4v) is 4.27. The number of hydrogen-bond acceptors (Lipinski definition) is 6. The average Bonchev–Trinajstić information content (AvgIpc) is 3.11. The van der Waals surface area contributed by atoms with Gasteiger partial charge in [-0.15, -0.1) is 0 Å². The third-order valence-corrected chi connectivity index (χ3v) is 6.19. The summed E-state index contributed by atoms with van der Waals surface area (Å²) in [6, 6.07) is 21.4. The summed E-state index contributed by atoms with van der Waals surface area (Å²) in [4.78, 5) is 38.9. The highest BCUT2D eigenvalue weighted by molar-refractivity contribution is 8.18. The highest BCUT2D eigenvalue weighted by Crippen LogP contribution is 2.33. The van der Waals surface area contributed by atoms with Crippen molar-refractivity contribution >= 4 is 52.2 Å². The summed E-state index contributed by atoms with van der Waals surface area (Å²) in [7, 11) is 1.49. The molecule has 1 saturated heterocycles. The van der Waals surface area contributed by atoms with Crippen molar-refractivity contribution in [1.82, 2.24) is 4.90 Å². The standard InChI is InChI=1S/C26H21ClN2O5S/c1-33-22-8-3-2-7-21(22)28-24(30)15-29-25(31)23(35-26(29)32)14-18-5-4-6-20(13-18)34-16-17-9-11-19(27)12-10-17/h2-14H,15-16H2,1H3,(H,28,30)/b23-14+. The first-order valence-corrected chi connectivity index (χ1v) is 11.8. The summed E-state index contributed by atoms with van der Waals surface area (Å²) in [5.74, 6) is 0.0653. The Labute approximate surface area is 211 Å². The van der Waals surface area contributed by atoms with Gasteiger partial charge in [-0.2, -0.15) is 0 Å². The van der Waals surface area contributed by atoms with Crippen LogP contribution in [0.4, 0.5) is 10.5 Å². The number of thioether (sulfide) groups is 1. The second kappa shape index (κ2) is 11.1. The molecule has 178 valence electrons. The molecule has 0 atom stereocenters. The van der Waals surface area contributed by atoms with E-state index in [4.69, 9.17) is 21.1 Å². The number of nitrogens with one attached hydrogen (secondary N) is 1. The number of benzene rings is 3. The lowest BCUT2D eigenvalue weighted by Gasteiger charge is -2.14. The van der Waals surface area contributed by atoms with Gasteiger partial charge in [0.25, 0.3) is 11.1 Å². The third kappa shape index (κ3) is 6.23. The third-order valence-electron chi connectivity index (χ3n) is 5.03. The van der Waals surface area contributed by atoms with Gasteiger partial charge in [0.2, 0.25) is 5.91 Å². The van der Waals surface area contributed by atoms with E-state index in [-0.39, 0.29) is 4.91 Å². The molecule has 3 aromatic carbocycles. The minimum atomic E-state index is -0.525. The van der Waals surface area contributed by atoms with Gasteiger partial charge in [-0.25, -0.2) is 0 Å². The molecular weight excluding hydrogens is 488 g/mol. The maximum atomic E-state index is 12.8. The number of ether oxygens (including phenoxy) is 2. The first kappa shape index (κ1) is 24.4. The number of methoxy groups -OCH3 is 1. The van der Waals surface area contributed by atoms with E-state index in [1.54, 1.807) is 66.7 Å². The zero-order valence-electron chi connectivity index (χ0n) is 18.7. The van der Waals surface area contributed by atoms with Crippen LogP contribution in [0.2, 0.25) is 5.02 Å². The number of carbonyl (C=O) groups excluding carboxylic acids is 3. The van der Waals surface area contributed by atoms with Crippen LogP contribution < -0.4 is 14.8 Å². The van der Waals surface area contributed by atoms with Gasteiger partial charge < -0.3 is 14.8 Å². The number of anilines is 1. The summed E-state index contributed by atoms with van der Waals surface area (Å²) < 4.78 is 11.0. The average molecular weight is 509 g/mol. The Morgan fingerprint density at radius 2 is 1.83 bits per heavy atom. The maximum absolute atomic E-state index is 12.8. The second-order valence-electron chi connectivity index (χ2n) is 7.50. The zero-order chi connectivity index (χ0) is 24.8. The molecule has 1 aliphatic rings. The maximum Gasteiger partial charge on any atom is 0.294 e. The Bertz CT molecular complexity index is 1290. The molecule has 0 radical (unpaired) electrons. The molecule has 0 aliphatic carbocycles. The van der Waals surface area contributed by atoms with E-state index in [0.29, 0.717) is 34.4 Å². The first-order valence-electron chi connectivity index (χ1n) is 10.6. The molecule has 9 heteroatoms. The van der Waals surface area contributed by atoms with E-state index in [2.05, 4.69) is 5.32 Å². The van der Waals surface area contributed by atoms with E-state index in [0.717, 1.165) is 22.2 Å². The molecule has 1 aliphatic heterocycles. The molecule has 3 amide bonds. The van der Waals surface area contributed by atoms with Crippen LogP contribution in [0.3, 0.4) is 0 Å². The molecule has 0 aromatic heterocycles. The quantitative estimate of drug-likeness (QED) is 0.398. The highest BCUT2D eigenvalue weighted by Gasteiger charge is 2.36. The van der Waals surface area contributed by atoms with E-state index in [1.165, 1.54) is 7.11 Å². The van der Waals surface area contributed by atoms with Gasteiger partial charge in [0.1, 0.15) is 24.7 Å². The summed E-state index contributed by atoms with van der Waals surface area (Å²) in [5, 5.41) is 2.82. The Balaban J connectivity index is 1.40. The van der Waals surface area contributed by atoms with Crippen molar-refractivity contribution in [3.63, 3.8) is 0 Å². The van der Waals surface area contributed by atoms with Crippen LogP contribution >= 0.6 is 23.4 Å². The monoisotopic (exact) mass is 508 g/mol. The van der Waals surface area contributed by atoms with Gasteiger partial charge in [0.05, 0.1) is 17.7 Å². The van der Waals surface area contributed by atoms with Gasteiger partial charge in [-0.3, -0.25) is 19.3 Å². The van der Waals surface area contributed by atoms with Crippen LogP contribution in [0, 0.1) is 0 Å². The normalized spacial score (nSPS) is 14.3. The molecule has 1 fully saturated rings. The van der Waals surface area contributed by atoms with Crippen LogP contribution in [-0.4, -0.2) is 35.6 Å². The number of carbonyl (C=O) groups is 3. The second-order valence-corrected chi connectivity index (χ2v) is 8.93. The number of rotatable bonds is 8. The van der Waals surface area contributed by atoms with Gasteiger partial charge in [-0.1, -0.05) is 48.0 Å². The Morgan fingerprint density at radius 3 is 2.60 bits per heavy atom. The van der Waals surface area contributed by atoms with E-state index >= 15 is 0 Å². The summed E-state index contributed by atoms with van der Waals surface area (Å²) in [6.45, 7) is -0.0389. The van der Waals surface area contributed by atoms with Crippen molar-refractivity contribution in [3.05, 3.63) is 93.9 Å². The fourth-order valence-electron chi connectivity index (χ4n) is 3.31. The molecule has 1 N–H and O–H groups in total. The smallest absolute Gasteiger partial charge is 0.294 e. The SMILES string of the molecule is COc1ccccc1NC(=O)CN1C(=O)S/C(=C/c2cccc(OCc3ccc(Cl)cc3)c2)C1=O. The lowest BCUT2D eigenvalue weighted by atomic mass is 10.2. The number of nitrogens with zero attached hydrogens (tertiary/aromatic N) is 1. The molecule has 1 heterocycles. The molecule has 7 nitrogen and oxygen atoms in total. The molecule has 0 bridgehead atoms. The number of para-hydroxylation sites is 2. The van der Waals surface area contributed by atoms with Gasteiger partial charge in [0, 0.05) is 5.02 Å². The van der Waals surface area contributed by atoms with Gasteiger partial charge in [-0.05, 0) is 65.4 Å². The summed E-state index contributed by atoms with van der Waals surface area (Å²) in [6.07, 6.45) is 1.61. The molecule has 35 heavy (non-hydrogen) atoms. The minimum Gasteiger partial charge on any atom is -0.495 e. The van der Waals surface area contributed by atoms with Crippen molar-refractivity contribution in [2.75, 3.05) is 19.0 Å². The molecule has 3 aromatic rings. The Morgan fingerprint density at radius 1 is 1.06 bits per heavy atom. The number of halogens is 1. The predicted octanol–water partition coefficient (Wildman–Crippen LogP) is 5.60. The minimum absolute atomic E-state index is 0.231. The summed E-state index contributed by atoms with van der Waals surface area (Å²) in [5.41, 5.74) is 2.12. The largest absolute Gasteiger partial charge is 0.495 e. The van der Waals surface area contributed by atoms with E-state index < -0.39 is 23.6 Å². The predicted molar refractivity (Wildman–Crippen MR) is 137 cm³/mol. The summed E-state index contributed by atoms with van der Waals surface area (Å²) >= 11 is 6.70. The zero-order valence-corrected chi connectivity index (χ0v) is 20.3. The van der Waals surface area contributed by atoms with E-state index in [9.17, 15) is 14.4 Å². The van der Waals surface area contributed by atoms with Crippen molar-refractivity contribution in [1.29, 1.82) is 0 Å². The van der Waals surface area contributed by atoms with Crippen LogP contribution in [0.1, 0.15) is 11.1 Å². The number of imide groups is 1. The van der Waals surface area contributed by atoms with Crippen LogP contribution in [0.25, 0.3) is 6.08 Å². The fraction of sp³-hybridized carbons (Fsp3) is 0.115. The lowest BCUT2D eigenvalue weighted by Crippen LogP contribution is -2.36. The molecule has 0 saturated carbocycles. The lowest BCUT2D eigenvalue weighted by molar-refractivity contribution is -0.127. The van der Waals surface area contributed by atoms with Crippen molar-refractivity contribution < 1.29 is 23.9 Å². The Hall–Kier alpha value is -3.75. The highest BCUT2D eigenvalue weighted by atomic mass is 35.5. The topological polar surface area (TPSA) is 84.9 Å². The van der Waals surface area contributed by atoms with Crippen molar-refractivity contribution in [3.8, 4) is 11.5 Å².